The predicted molar refractivity (Wildman–Crippen MR) is 69.0 cm³/mol. The van der Waals surface area contributed by atoms with E-state index in [0.717, 1.165) is 5.75 Å². The van der Waals surface area contributed by atoms with Crippen molar-refractivity contribution in [2.24, 2.45) is 0 Å². The highest BCUT2D eigenvalue weighted by Gasteiger charge is 2.15. The molecular weight excluding hydrogens is 224 g/mol. The molecule has 0 heterocycles. The van der Waals surface area contributed by atoms with E-state index in [2.05, 4.69) is 19.6 Å². The lowest BCUT2D eigenvalue weighted by Crippen LogP contribution is -2.29. The van der Waals surface area contributed by atoms with Crippen molar-refractivity contribution < 1.29 is 9.16 Å². The van der Waals surface area contributed by atoms with E-state index in [1.54, 1.807) is 0 Å². The molecule has 0 aliphatic rings. The fourth-order valence-electron chi connectivity index (χ4n) is 0.925. The smallest absolute Gasteiger partial charge is 0.191 e. The summed E-state index contributed by atoms with van der Waals surface area (Å²) < 4.78 is 11.1. The van der Waals surface area contributed by atoms with Gasteiger partial charge in [0.1, 0.15) is 12.4 Å². The summed E-state index contributed by atoms with van der Waals surface area (Å²) in [6.07, 6.45) is 0. The molecule has 2 nitrogen and oxygen atoms in total. The minimum atomic E-state index is -1.50. The Morgan fingerprint density at radius 3 is 2.33 bits per heavy atom. The van der Waals surface area contributed by atoms with E-state index >= 15 is 0 Å². The van der Waals surface area contributed by atoms with Gasteiger partial charge in [-0.2, -0.15) is 0 Å². The quantitative estimate of drug-likeness (QED) is 0.594. The Labute approximate surface area is 97.3 Å². The van der Waals surface area contributed by atoms with Crippen LogP contribution < -0.4 is 4.74 Å². The van der Waals surface area contributed by atoms with Gasteiger partial charge < -0.3 is 9.16 Å². The van der Waals surface area contributed by atoms with Gasteiger partial charge in [-0.05, 0) is 44.0 Å². The van der Waals surface area contributed by atoms with Gasteiger partial charge >= 0.3 is 0 Å². The lowest BCUT2D eigenvalue weighted by Gasteiger charge is -2.17. The minimum Gasteiger partial charge on any atom is -0.448 e. The molecule has 0 amide bonds. The molecule has 0 fully saturated rings. The molecule has 4 heteroatoms. The molecule has 0 aliphatic heterocycles. The Hall–Kier alpha value is -0.713. The third kappa shape index (κ3) is 5.66. The number of benzene rings is 1. The van der Waals surface area contributed by atoms with E-state index < -0.39 is 8.32 Å². The molecule has 82 valence electrons. The first kappa shape index (κ1) is 12.4. The van der Waals surface area contributed by atoms with Crippen LogP contribution in [0, 0.1) is 0 Å². The molecule has 0 atom stereocenters. The number of ether oxygens (including phenoxy) is 1. The maximum atomic E-state index is 5.64. The molecule has 15 heavy (non-hydrogen) atoms. The minimum absolute atomic E-state index is 0.403. The summed E-state index contributed by atoms with van der Waals surface area (Å²) >= 11 is 5.08. The number of hydrogen-bond acceptors (Lipinski definition) is 3. The molecule has 0 radical (unpaired) electrons. The number of thiocarbonyl (C=S) groups is 1. The summed E-state index contributed by atoms with van der Waals surface area (Å²) in [7, 11) is -1.50. The molecule has 0 aliphatic carbocycles. The van der Waals surface area contributed by atoms with Crippen molar-refractivity contribution in [3.63, 3.8) is 0 Å². The molecule has 1 aromatic carbocycles. The third-order valence-corrected chi connectivity index (χ3v) is 2.81. The summed E-state index contributed by atoms with van der Waals surface area (Å²) in [5, 5.41) is 0.489. The topological polar surface area (TPSA) is 18.5 Å². The van der Waals surface area contributed by atoms with Gasteiger partial charge in [0.2, 0.25) is 0 Å². The van der Waals surface area contributed by atoms with Gasteiger partial charge in [-0.3, -0.25) is 0 Å². The van der Waals surface area contributed by atoms with Crippen LogP contribution in [0.3, 0.4) is 0 Å². The Bertz CT molecular complexity index is 319. The van der Waals surface area contributed by atoms with Gasteiger partial charge in [0.05, 0.1) is 0 Å². The van der Waals surface area contributed by atoms with Crippen molar-refractivity contribution in [3.05, 3.63) is 30.3 Å². The molecule has 0 saturated carbocycles. The fourth-order valence-corrected chi connectivity index (χ4v) is 1.75. The van der Waals surface area contributed by atoms with E-state index in [4.69, 9.17) is 21.4 Å². The van der Waals surface area contributed by atoms with Crippen LogP contribution in [0.25, 0.3) is 0 Å². The van der Waals surface area contributed by atoms with E-state index in [-0.39, 0.29) is 0 Å². The number of hydrogen-bond donors (Lipinski definition) is 0. The monoisotopic (exact) mass is 240 g/mol. The molecule has 0 unspecified atom stereocenters. The molecule has 0 aromatic heterocycles. The summed E-state index contributed by atoms with van der Waals surface area (Å²) in [5.41, 5.74) is 0. The lowest BCUT2D eigenvalue weighted by molar-refractivity contribution is 0.348. The number of para-hydroxylation sites is 1. The van der Waals surface area contributed by atoms with E-state index in [9.17, 15) is 0 Å². The molecular formula is C11H16O2SSi. The summed E-state index contributed by atoms with van der Waals surface area (Å²) in [6.45, 7) is 6.77. The Morgan fingerprint density at radius 2 is 1.80 bits per heavy atom. The van der Waals surface area contributed by atoms with Crippen molar-refractivity contribution in [1.29, 1.82) is 0 Å². The first-order valence-electron chi connectivity index (χ1n) is 4.87. The second-order valence-electron chi connectivity index (χ2n) is 4.19. The van der Waals surface area contributed by atoms with E-state index in [1.807, 2.05) is 30.3 Å². The molecule has 0 spiro atoms. The zero-order chi connectivity index (χ0) is 11.3. The number of rotatable bonds is 4. The molecule has 0 saturated heterocycles. The third-order valence-electron chi connectivity index (χ3n) is 1.60. The van der Waals surface area contributed by atoms with Gasteiger partial charge in [0, 0.05) is 0 Å². The average molecular weight is 240 g/mol. The first-order chi connectivity index (χ1) is 6.97. The van der Waals surface area contributed by atoms with Crippen LogP contribution in [0.2, 0.25) is 19.6 Å². The largest absolute Gasteiger partial charge is 0.448 e. The normalized spacial score (nSPS) is 11.1. The molecule has 0 bridgehead atoms. The Kier molecular flexibility index (Phi) is 4.44. The summed E-state index contributed by atoms with van der Waals surface area (Å²) in [6, 6.07) is 9.52. The van der Waals surface area contributed by atoms with Gasteiger partial charge in [0.25, 0.3) is 0 Å². The zero-order valence-electron chi connectivity index (χ0n) is 9.32. The maximum Gasteiger partial charge on any atom is 0.191 e. The van der Waals surface area contributed by atoms with Gasteiger partial charge in [-0.25, -0.2) is 0 Å². The van der Waals surface area contributed by atoms with Gasteiger partial charge in [-0.1, -0.05) is 18.2 Å². The van der Waals surface area contributed by atoms with Crippen LogP contribution in [0.5, 0.6) is 5.75 Å². The average Bonchev–Trinajstić information content (AvgIpc) is 2.15. The van der Waals surface area contributed by atoms with E-state index in [1.165, 1.54) is 0 Å². The van der Waals surface area contributed by atoms with Gasteiger partial charge in [-0.15, -0.1) is 0 Å². The standard InChI is InChI=1S/C11H16O2SSi/c1-15(2,3)12-9-11(14)13-10-7-5-4-6-8-10/h4-8H,9H2,1-3H3. The molecule has 1 rings (SSSR count). The summed E-state index contributed by atoms with van der Waals surface area (Å²) in [4.78, 5) is 0. The highest BCUT2D eigenvalue weighted by molar-refractivity contribution is 7.80. The highest BCUT2D eigenvalue weighted by atomic mass is 32.1. The van der Waals surface area contributed by atoms with E-state index in [0.29, 0.717) is 11.7 Å². The molecule has 1 aromatic rings. The lowest BCUT2D eigenvalue weighted by atomic mass is 10.3. The van der Waals surface area contributed by atoms with Crippen molar-refractivity contribution in [1.82, 2.24) is 0 Å². The van der Waals surface area contributed by atoms with Crippen LogP contribution in [-0.4, -0.2) is 20.0 Å². The second-order valence-corrected chi connectivity index (χ2v) is 9.16. The van der Waals surface area contributed by atoms with Crippen molar-refractivity contribution >= 4 is 25.6 Å². The van der Waals surface area contributed by atoms with Gasteiger partial charge in [0.15, 0.2) is 13.4 Å². The Morgan fingerprint density at radius 1 is 1.20 bits per heavy atom. The first-order valence-corrected chi connectivity index (χ1v) is 8.69. The summed E-state index contributed by atoms with van der Waals surface area (Å²) in [5.74, 6) is 0.765. The van der Waals surface area contributed by atoms with Crippen LogP contribution in [0.1, 0.15) is 0 Å². The highest BCUT2D eigenvalue weighted by Crippen LogP contribution is 2.10. The van der Waals surface area contributed by atoms with Crippen LogP contribution in [0.15, 0.2) is 30.3 Å². The predicted octanol–water partition coefficient (Wildman–Crippen LogP) is 3.24. The second kappa shape index (κ2) is 5.39. The van der Waals surface area contributed by atoms with Crippen LogP contribution in [-0.2, 0) is 4.43 Å². The fraction of sp³-hybridized carbons (Fsp3) is 0.364. The molecule has 0 N–H and O–H groups in total. The SMILES string of the molecule is C[Si](C)(C)OCC(=S)Oc1ccccc1. The Balaban J connectivity index is 2.38. The van der Waals surface area contributed by atoms with Crippen LogP contribution in [0.4, 0.5) is 0 Å². The zero-order valence-corrected chi connectivity index (χ0v) is 11.1. The van der Waals surface area contributed by atoms with Crippen molar-refractivity contribution in [3.8, 4) is 5.75 Å². The van der Waals surface area contributed by atoms with Crippen molar-refractivity contribution in [2.75, 3.05) is 6.61 Å². The van der Waals surface area contributed by atoms with Crippen molar-refractivity contribution in [2.45, 2.75) is 19.6 Å². The van der Waals surface area contributed by atoms with Crippen LogP contribution >= 0.6 is 12.2 Å². The maximum absolute atomic E-state index is 5.64.